The molecule has 0 saturated carbocycles. The summed E-state index contributed by atoms with van der Waals surface area (Å²) in [5, 5.41) is 0. The molecule has 96 valence electrons. The summed E-state index contributed by atoms with van der Waals surface area (Å²) < 4.78 is 3.00. The van der Waals surface area contributed by atoms with E-state index in [1.54, 1.807) is 0 Å². The normalized spacial score (nSPS) is 30.0. The molecule has 3 saturated heterocycles. The third kappa shape index (κ3) is 2.65. The molecule has 0 N–H and O–H groups in total. The van der Waals surface area contributed by atoms with Crippen molar-refractivity contribution in [1.82, 2.24) is 0 Å². The quantitative estimate of drug-likeness (QED) is 0.383. The van der Waals surface area contributed by atoms with Crippen molar-refractivity contribution in [3.8, 4) is 0 Å². The third-order valence-electron chi connectivity index (χ3n) is 5.13. The minimum absolute atomic E-state index is 0. The predicted octanol–water partition coefficient (Wildman–Crippen LogP) is -4.77. The monoisotopic (exact) mass is 354 g/mol. The Hall–Kier alpha value is 0.880. The number of piperazine rings is 1. The van der Waals surface area contributed by atoms with Crippen LogP contribution in [0.25, 0.3) is 0 Å². The van der Waals surface area contributed by atoms with Crippen molar-refractivity contribution in [3.05, 3.63) is 0 Å². The lowest BCUT2D eigenvalue weighted by molar-refractivity contribution is -1.02. The first kappa shape index (κ1) is 14.9. The van der Waals surface area contributed by atoms with Crippen LogP contribution in [0.3, 0.4) is 0 Å². The molecule has 0 unspecified atom stereocenters. The lowest BCUT2D eigenvalue weighted by atomic mass is 10.2. The van der Waals surface area contributed by atoms with E-state index in [1.165, 1.54) is 87.0 Å². The topological polar surface area (TPSA) is 0 Å². The second-order valence-corrected chi connectivity index (χ2v) is 5.89. The first-order valence-corrected chi connectivity index (χ1v) is 6.53. The van der Waals surface area contributed by atoms with Gasteiger partial charge in [-0.25, -0.2) is 0 Å². The van der Waals surface area contributed by atoms with Gasteiger partial charge in [-0.05, 0) is 0 Å². The minimum atomic E-state index is 0. The van der Waals surface area contributed by atoms with E-state index in [0.717, 1.165) is 0 Å². The van der Waals surface area contributed by atoms with Gasteiger partial charge >= 0.3 is 0 Å². The van der Waals surface area contributed by atoms with E-state index in [2.05, 4.69) is 0 Å². The van der Waals surface area contributed by atoms with E-state index < -0.39 is 0 Å². The highest BCUT2D eigenvalue weighted by Crippen LogP contribution is 2.28. The van der Waals surface area contributed by atoms with Crippen LogP contribution >= 0.6 is 0 Å². The molecule has 2 spiro atoms. The largest absolute Gasteiger partial charge is 1.00 e. The van der Waals surface area contributed by atoms with Gasteiger partial charge in [0.1, 0.15) is 26.2 Å². The van der Waals surface area contributed by atoms with Gasteiger partial charge in [0.25, 0.3) is 0 Å². The van der Waals surface area contributed by atoms with Crippen LogP contribution in [-0.2, 0) is 0 Å². The fourth-order valence-corrected chi connectivity index (χ4v) is 3.98. The SMILES string of the molecule is C1CC[N+]2(C1)CC[N+]1(CCCC1)CC2.[Br-].[Br-]. The summed E-state index contributed by atoms with van der Waals surface area (Å²) in [6, 6.07) is 0. The van der Waals surface area contributed by atoms with Gasteiger partial charge in [-0.1, -0.05) is 0 Å². The third-order valence-corrected chi connectivity index (χ3v) is 5.13. The summed E-state index contributed by atoms with van der Waals surface area (Å²) in [5.41, 5.74) is 0. The minimum Gasteiger partial charge on any atom is -1.00 e. The standard InChI is InChI=1S/C12H24N2.2BrH/c1-2-6-13(5-1)9-11-14(12-10-13)7-3-4-8-14;;/h1-12H2;2*1H/q+2;;/p-2. The lowest BCUT2D eigenvalue weighted by Gasteiger charge is -2.46. The molecule has 0 aromatic heterocycles. The molecule has 16 heavy (non-hydrogen) atoms. The van der Waals surface area contributed by atoms with Crippen LogP contribution in [0, 0.1) is 0 Å². The van der Waals surface area contributed by atoms with Crippen LogP contribution in [0.2, 0.25) is 0 Å². The maximum atomic E-state index is 1.50. The highest BCUT2D eigenvalue weighted by atomic mass is 79.9. The lowest BCUT2D eigenvalue weighted by Crippen LogP contribution is -3.00. The second kappa shape index (κ2) is 5.68. The van der Waals surface area contributed by atoms with Gasteiger partial charge in [0.05, 0.1) is 26.2 Å². The molecule has 0 aromatic carbocycles. The van der Waals surface area contributed by atoms with Crippen molar-refractivity contribution in [2.24, 2.45) is 0 Å². The number of quaternary nitrogens is 2. The molecule has 3 fully saturated rings. The molecule has 0 aliphatic carbocycles. The van der Waals surface area contributed by atoms with Gasteiger partial charge in [0.2, 0.25) is 0 Å². The fourth-order valence-electron chi connectivity index (χ4n) is 3.98. The van der Waals surface area contributed by atoms with Gasteiger partial charge in [-0.15, -0.1) is 0 Å². The summed E-state index contributed by atoms with van der Waals surface area (Å²) in [5.74, 6) is 0. The fraction of sp³-hybridized carbons (Fsp3) is 1.00. The molecule has 4 heteroatoms. The Labute approximate surface area is 121 Å². The first-order valence-electron chi connectivity index (χ1n) is 6.53. The Morgan fingerprint density at radius 1 is 0.375 bits per heavy atom. The summed E-state index contributed by atoms with van der Waals surface area (Å²) in [6.45, 7) is 12.0. The van der Waals surface area contributed by atoms with E-state index in [1.807, 2.05) is 0 Å². The first-order chi connectivity index (χ1) is 6.83. The highest BCUT2D eigenvalue weighted by Gasteiger charge is 2.44. The smallest absolute Gasteiger partial charge is 0.129 e. The zero-order chi connectivity index (χ0) is 9.49. The van der Waals surface area contributed by atoms with Crippen LogP contribution in [0.1, 0.15) is 25.7 Å². The Morgan fingerprint density at radius 3 is 0.875 bits per heavy atom. The van der Waals surface area contributed by atoms with Crippen molar-refractivity contribution in [1.29, 1.82) is 0 Å². The van der Waals surface area contributed by atoms with Crippen molar-refractivity contribution >= 4 is 0 Å². The highest BCUT2D eigenvalue weighted by molar-refractivity contribution is 4.63. The van der Waals surface area contributed by atoms with Gasteiger partial charge in [0.15, 0.2) is 0 Å². The summed E-state index contributed by atoms with van der Waals surface area (Å²) in [4.78, 5) is 0. The van der Waals surface area contributed by atoms with Crippen molar-refractivity contribution in [3.63, 3.8) is 0 Å². The second-order valence-electron chi connectivity index (χ2n) is 5.89. The zero-order valence-electron chi connectivity index (χ0n) is 10.1. The van der Waals surface area contributed by atoms with Crippen LogP contribution in [0.15, 0.2) is 0 Å². The van der Waals surface area contributed by atoms with Crippen molar-refractivity contribution < 1.29 is 42.9 Å². The zero-order valence-corrected chi connectivity index (χ0v) is 13.3. The Kier molecular flexibility index (Phi) is 5.30. The molecule has 0 bridgehead atoms. The van der Waals surface area contributed by atoms with Gasteiger partial charge in [0, 0.05) is 25.7 Å². The summed E-state index contributed by atoms with van der Waals surface area (Å²) in [7, 11) is 0. The van der Waals surface area contributed by atoms with Gasteiger partial charge < -0.3 is 42.9 Å². The molecular formula is C12H24Br2N2. The van der Waals surface area contributed by atoms with Crippen LogP contribution in [-0.4, -0.2) is 61.3 Å². The maximum absolute atomic E-state index is 1.50. The van der Waals surface area contributed by atoms with E-state index >= 15 is 0 Å². The number of hydrogen-bond donors (Lipinski definition) is 0. The molecule has 0 radical (unpaired) electrons. The van der Waals surface area contributed by atoms with Crippen molar-refractivity contribution in [2.75, 3.05) is 52.4 Å². The van der Waals surface area contributed by atoms with Crippen LogP contribution in [0.5, 0.6) is 0 Å². The maximum Gasteiger partial charge on any atom is 0.129 e. The number of nitrogens with zero attached hydrogens (tertiary/aromatic N) is 2. The number of hydrogen-bond acceptors (Lipinski definition) is 0. The van der Waals surface area contributed by atoms with E-state index in [4.69, 9.17) is 0 Å². The number of rotatable bonds is 0. The predicted molar refractivity (Wildman–Crippen MR) is 57.9 cm³/mol. The Bertz CT molecular complexity index is 185. The Morgan fingerprint density at radius 2 is 0.625 bits per heavy atom. The number of halogens is 2. The molecule has 0 amide bonds. The van der Waals surface area contributed by atoms with Gasteiger partial charge in [-0.3, -0.25) is 0 Å². The van der Waals surface area contributed by atoms with Crippen LogP contribution in [0.4, 0.5) is 0 Å². The molecule has 3 aliphatic heterocycles. The molecule has 3 rings (SSSR count). The average molecular weight is 356 g/mol. The molecular weight excluding hydrogens is 332 g/mol. The summed E-state index contributed by atoms with van der Waals surface area (Å²) >= 11 is 0. The van der Waals surface area contributed by atoms with Crippen LogP contribution < -0.4 is 34.0 Å². The molecule has 0 aromatic rings. The molecule has 0 atom stereocenters. The van der Waals surface area contributed by atoms with Gasteiger partial charge in [-0.2, -0.15) is 0 Å². The van der Waals surface area contributed by atoms with E-state index in [-0.39, 0.29) is 34.0 Å². The Balaban J connectivity index is 0.000000640. The average Bonchev–Trinajstić information content (AvgIpc) is 2.81. The van der Waals surface area contributed by atoms with E-state index in [0.29, 0.717) is 0 Å². The molecule has 3 aliphatic rings. The van der Waals surface area contributed by atoms with E-state index in [9.17, 15) is 0 Å². The molecule has 3 heterocycles. The van der Waals surface area contributed by atoms with Crippen molar-refractivity contribution in [2.45, 2.75) is 25.7 Å². The molecule has 2 nitrogen and oxygen atoms in total. The summed E-state index contributed by atoms with van der Waals surface area (Å²) in [6.07, 6.45) is 6.00.